The average molecular weight is 307 g/mol. The Bertz CT molecular complexity index is 883. The molecule has 0 amide bonds. The maximum Gasteiger partial charge on any atom is 0.186 e. The molecule has 0 radical (unpaired) electrons. The zero-order valence-corrected chi connectivity index (χ0v) is 12.5. The van der Waals surface area contributed by atoms with E-state index in [4.69, 9.17) is 0 Å². The summed E-state index contributed by atoms with van der Waals surface area (Å²) >= 11 is 1.63. The second-order valence-corrected chi connectivity index (χ2v) is 5.64. The fourth-order valence-corrected chi connectivity index (χ4v) is 2.88. The van der Waals surface area contributed by atoms with Crippen LogP contribution in [0.1, 0.15) is 5.56 Å². The van der Waals surface area contributed by atoms with Crippen molar-refractivity contribution in [1.82, 2.24) is 19.8 Å². The van der Waals surface area contributed by atoms with Gasteiger partial charge < -0.3 is 5.32 Å². The summed E-state index contributed by atoms with van der Waals surface area (Å²) in [6, 6.07) is 16.1. The Morgan fingerprint density at radius 1 is 1.00 bits per heavy atom. The highest BCUT2D eigenvalue weighted by Gasteiger charge is 2.10. The predicted molar refractivity (Wildman–Crippen MR) is 87.9 cm³/mol. The first-order chi connectivity index (χ1) is 10.9. The zero-order chi connectivity index (χ0) is 14.8. The number of benzene rings is 1. The highest BCUT2D eigenvalue weighted by molar-refractivity contribution is 7.08. The van der Waals surface area contributed by atoms with Crippen molar-refractivity contribution >= 4 is 22.8 Å². The molecule has 0 atom stereocenters. The normalized spacial score (nSPS) is 10.9. The summed E-state index contributed by atoms with van der Waals surface area (Å²) in [7, 11) is 0. The summed E-state index contributed by atoms with van der Waals surface area (Å²) in [5.41, 5.74) is 2.99. The molecule has 1 N–H and O–H groups in total. The molecule has 4 aromatic rings. The lowest BCUT2D eigenvalue weighted by molar-refractivity contribution is 0.926. The van der Waals surface area contributed by atoms with Crippen LogP contribution in [0.4, 0.5) is 5.82 Å². The molecule has 6 heteroatoms. The third-order valence-electron chi connectivity index (χ3n) is 3.36. The molecule has 22 heavy (non-hydrogen) atoms. The van der Waals surface area contributed by atoms with E-state index in [1.165, 1.54) is 5.56 Å². The van der Waals surface area contributed by atoms with Crippen LogP contribution < -0.4 is 5.32 Å². The van der Waals surface area contributed by atoms with Gasteiger partial charge in [-0.3, -0.25) is 0 Å². The van der Waals surface area contributed by atoms with E-state index < -0.39 is 0 Å². The average Bonchev–Trinajstić information content (AvgIpc) is 3.22. The van der Waals surface area contributed by atoms with Gasteiger partial charge in [0, 0.05) is 17.5 Å². The standard InChI is InChI=1S/C16H13N5S/c1-2-4-12(5-3-1)10-17-14-6-7-15-18-19-16(21(15)20-14)13-8-9-22-11-13/h1-9,11H,10H2,(H,17,20). The summed E-state index contributed by atoms with van der Waals surface area (Å²) in [5.74, 6) is 1.56. The van der Waals surface area contributed by atoms with Crippen molar-refractivity contribution in [2.75, 3.05) is 5.32 Å². The van der Waals surface area contributed by atoms with Crippen LogP contribution in [-0.2, 0) is 6.54 Å². The summed E-state index contributed by atoms with van der Waals surface area (Å²) in [6.45, 7) is 0.731. The number of nitrogens with zero attached hydrogens (tertiary/aromatic N) is 4. The Kier molecular flexibility index (Phi) is 3.29. The van der Waals surface area contributed by atoms with Gasteiger partial charge in [-0.2, -0.15) is 15.9 Å². The molecule has 0 bridgehead atoms. The SMILES string of the molecule is c1ccc(CNc2ccc3nnc(-c4ccsc4)n3n2)cc1. The maximum absolute atomic E-state index is 4.59. The van der Waals surface area contributed by atoms with Gasteiger partial charge in [0.05, 0.1) is 0 Å². The highest BCUT2D eigenvalue weighted by Crippen LogP contribution is 2.20. The molecule has 0 spiro atoms. The number of hydrogen-bond acceptors (Lipinski definition) is 5. The molecule has 0 aliphatic rings. The number of nitrogens with one attached hydrogen (secondary N) is 1. The van der Waals surface area contributed by atoms with Gasteiger partial charge in [-0.1, -0.05) is 30.3 Å². The second kappa shape index (κ2) is 5.57. The first-order valence-electron chi connectivity index (χ1n) is 6.93. The fourth-order valence-electron chi connectivity index (χ4n) is 2.24. The molecule has 3 aromatic heterocycles. The third-order valence-corrected chi connectivity index (χ3v) is 4.04. The molecule has 3 heterocycles. The molecule has 0 saturated heterocycles. The molecule has 4 rings (SSSR count). The molecule has 0 unspecified atom stereocenters. The van der Waals surface area contributed by atoms with Gasteiger partial charge in [-0.05, 0) is 29.1 Å². The van der Waals surface area contributed by atoms with Crippen molar-refractivity contribution < 1.29 is 0 Å². The van der Waals surface area contributed by atoms with Gasteiger partial charge in [0.2, 0.25) is 0 Å². The van der Waals surface area contributed by atoms with Crippen molar-refractivity contribution in [3.8, 4) is 11.4 Å². The summed E-state index contributed by atoms with van der Waals surface area (Å²) in [5, 5.41) is 20.4. The Balaban J connectivity index is 1.64. The van der Waals surface area contributed by atoms with Crippen molar-refractivity contribution in [3.63, 3.8) is 0 Å². The van der Waals surface area contributed by atoms with Gasteiger partial charge in [0.1, 0.15) is 5.82 Å². The molecule has 0 aliphatic carbocycles. The summed E-state index contributed by atoms with van der Waals surface area (Å²) in [6.07, 6.45) is 0. The van der Waals surface area contributed by atoms with E-state index in [9.17, 15) is 0 Å². The monoisotopic (exact) mass is 307 g/mol. The van der Waals surface area contributed by atoms with Crippen LogP contribution >= 0.6 is 11.3 Å². The van der Waals surface area contributed by atoms with E-state index in [-0.39, 0.29) is 0 Å². The Hall–Kier alpha value is -2.73. The predicted octanol–water partition coefficient (Wildman–Crippen LogP) is 3.46. The van der Waals surface area contributed by atoms with Gasteiger partial charge >= 0.3 is 0 Å². The number of fused-ring (bicyclic) bond motifs is 1. The molecule has 0 saturated carbocycles. The minimum atomic E-state index is 0.731. The molecule has 1 aromatic carbocycles. The molecule has 0 fully saturated rings. The molecule has 0 aliphatic heterocycles. The first kappa shape index (κ1) is 13.0. The van der Waals surface area contributed by atoms with Crippen LogP contribution in [0.15, 0.2) is 59.3 Å². The maximum atomic E-state index is 4.59. The molecule has 108 valence electrons. The van der Waals surface area contributed by atoms with Crippen LogP contribution in [0.25, 0.3) is 17.0 Å². The smallest absolute Gasteiger partial charge is 0.186 e. The van der Waals surface area contributed by atoms with Crippen LogP contribution in [0, 0.1) is 0 Å². The van der Waals surface area contributed by atoms with Gasteiger partial charge in [-0.15, -0.1) is 15.3 Å². The number of anilines is 1. The van der Waals surface area contributed by atoms with E-state index in [1.54, 1.807) is 15.9 Å². The molecular formula is C16H13N5S. The van der Waals surface area contributed by atoms with Crippen LogP contribution in [-0.4, -0.2) is 19.8 Å². The number of rotatable bonds is 4. The van der Waals surface area contributed by atoms with Gasteiger partial charge in [-0.25, -0.2) is 0 Å². The highest BCUT2D eigenvalue weighted by atomic mass is 32.1. The lowest BCUT2D eigenvalue weighted by Crippen LogP contribution is -2.04. The molecular weight excluding hydrogens is 294 g/mol. The fraction of sp³-hybridized carbons (Fsp3) is 0.0625. The number of hydrogen-bond donors (Lipinski definition) is 1. The minimum Gasteiger partial charge on any atom is -0.365 e. The van der Waals surface area contributed by atoms with E-state index in [1.807, 2.05) is 47.2 Å². The summed E-state index contributed by atoms with van der Waals surface area (Å²) < 4.78 is 1.77. The van der Waals surface area contributed by atoms with Gasteiger partial charge in [0.15, 0.2) is 11.5 Å². The first-order valence-corrected chi connectivity index (χ1v) is 7.87. The third kappa shape index (κ3) is 2.44. The Morgan fingerprint density at radius 3 is 2.73 bits per heavy atom. The lowest BCUT2D eigenvalue weighted by Gasteiger charge is -2.06. The van der Waals surface area contributed by atoms with Crippen molar-refractivity contribution in [3.05, 3.63) is 64.9 Å². The topological polar surface area (TPSA) is 55.1 Å². The Morgan fingerprint density at radius 2 is 1.91 bits per heavy atom. The number of thiophene rings is 1. The van der Waals surface area contributed by atoms with Gasteiger partial charge in [0.25, 0.3) is 0 Å². The van der Waals surface area contributed by atoms with E-state index in [0.29, 0.717) is 0 Å². The van der Waals surface area contributed by atoms with Crippen LogP contribution in [0.3, 0.4) is 0 Å². The van der Waals surface area contributed by atoms with Crippen molar-refractivity contribution in [2.45, 2.75) is 6.54 Å². The van der Waals surface area contributed by atoms with E-state index in [2.05, 4.69) is 32.7 Å². The van der Waals surface area contributed by atoms with E-state index in [0.717, 1.165) is 29.4 Å². The second-order valence-electron chi connectivity index (χ2n) is 4.86. The van der Waals surface area contributed by atoms with Crippen molar-refractivity contribution in [1.29, 1.82) is 0 Å². The largest absolute Gasteiger partial charge is 0.365 e. The minimum absolute atomic E-state index is 0.731. The quantitative estimate of drug-likeness (QED) is 0.627. The Labute approximate surface area is 131 Å². The number of aromatic nitrogens is 4. The zero-order valence-electron chi connectivity index (χ0n) is 11.7. The summed E-state index contributed by atoms with van der Waals surface area (Å²) in [4.78, 5) is 0. The lowest BCUT2D eigenvalue weighted by atomic mass is 10.2. The van der Waals surface area contributed by atoms with Crippen molar-refractivity contribution in [2.24, 2.45) is 0 Å². The van der Waals surface area contributed by atoms with E-state index >= 15 is 0 Å². The molecule has 5 nitrogen and oxygen atoms in total. The van der Waals surface area contributed by atoms with Crippen LogP contribution in [0.5, 0.6) is 0 Å². The van der Waals surface area contributed by atoms with Crippen LogP contribution in [0.2, 0.25) is 0 Å².